The van der Waals surface area contributed by atoms with Gasteiger partial charge in [0.25, 0.3) is 0 Å². The Morgan fingerprint density at radius 1 is 1.04 bits per heavy atom. The third-order valence-corrected chi connectivity index (χ3v) is 6.14. The summed E-state index contributed by atoms with van der Waals surface area (Å²) in [6.07, 6.45) is 5.50. The molecule has 0 aromatic heterocycles. The number of thioether (sulfide) groups is 1. The number of benzene rings is 2. The van der Waals surface area contributed by atoms with E-state index in [1.54, 1.807) is 0 Å². The molecule has 0 atom stereocenters. The van der Waals surface area contributed by atoms with Crippen LogP contribution in [0.5, 0.6) is 0 Å². The van der Waals surface area contributed by atoms with E-state index >= 15 is 0 Å². The van der Waals surface area contributed by atoms with Crippen molar-refractivity contribution in [2.24, 2.45) is 5.92 Å². The highest BCUT2D eigenvalue weighted by Crippen LogP contribution is 2.27. The molecule has 136 valence electrons. The first kappa shape index (κ1) is 19.2. The molecule has 1 N–H and O–H groups in total. The Bertz CT molecular complexity index is 770. The Kier molecular flexibility index (Phi) is 6.92. The van der Waals surface area contributed by atoms with Gasteiger partial charge < -0.3 is 5.32 Å². The third-order valence-electron chi connectivity index (χ3n) is 4.61. The van der Waals surface area contributed by atoms with Crippen molar-refractivity contribution < 1.29 is 9.59 Å². The number of amides is 1. The summed E-state index contributed by atoms with van der Waals surface area (Å²) >= 11 is 4.87. The molecule has 0 saturated heterocycles. The van der Waals surface area contributed by atoms with Gasteiger partial charge in [0.15, 0.2) is 5.78 Å². The summed E-state index contributed by atoms with van der Waals surface area (Å²) in [5.41, 5.74) is 1.52. The van der Waals surface area contributed by atoms with Gasteiger partial charge in [0.1, 0.15) is 0 Å². The van der Waals surface area contributed by atoms with E-state index in [2.05, 4.69) is 21.2 Å². The second kappa shape index (κ2) is 9.38. The molecule has 1 amide bonds. The third kappa shape index (κ3) is 5.45. The largest absolute Gasteiger partial charge is 0.326 e. The van der Waals surface area contributed by atoms with E-state index in [0.717, 1.165) is 40.7 Å². The fourth-order valence-corrected chi connectivity index (χ4v) is 4.25. The lowest BCUT2D eigenvalue weighted by molar-refractivity contribution is -0.120. The van der Waals surface area contributed by atoms with Crippen LogP contribution in [0.25, 0.3) is 0 Å². The maximum atomic E-state index is 12.4. The average Bonchev–Trinajstić information content (AvgIpc) is 2.67. The molecule has 26 heavy (non-hydrogen) atoms. The molecule has 0 radical (unpaired) electrons. The SMILES string of the molecule is O=C(CSc1cccc(NC(=O)C2CCCCC2)c1)c1ccc(Br)cc1. The molecule has 0 aliphatic heterocycles. The predicted molar refractivity (Wildman–Crippen MR) is 111 cm³/mol. The highest BCUT2D eigenvalue weighted by atomic mass is 79.9. The van der Waals surface area contributed by atoms with E-state index in [1.165, 1.54) is 18.2 Å². The van der Waals surface area contributed by atoms with Gasteiger partial charge in [-0.3, -0.25) is 9.59 Å². The summed E-state index contributed by atoms with van der Waals surface area (Å²) in [7, 11) is 0. The quantitative estimate of drug-likeness (QED) is 0.454. The van der Waals surface area contributed by atoms with Gasteiger partial charge in [0.2, 0.25) is 5.91 Å². The smallest absolute Gasteiger partial charge is 0.227 e. The van der Waals surface area contributed by atoms with E-state index in [0.29, 0.717) is 11.3 Å². The van der Waals surface area contributed by atoms with E-state index < -0.39 is 0 Å². The van der Waals surface area contributed by atoms with Gasteiger partial charge in [-0.25, -0.2) is 0 Å². The minimum Gasteiger partial charge on any atom is -0.326 e. The monoisotopic (exact) mass is 431 g/mol. The van der Waals surface area contributed by atoms with Gasteiger partial charge >= 0.3 is 0 Å². The van der Waals surface area contributed by atoms with Crippen LogP contribution in [0.2, 0.25) is 0 Å². The van der Waals surface area contributed by atoms with E-state index in [-0.39, 0.29) is 17.6 Å². The van der Waals surface area contributed by atoms with Crippen LogP contribution in [0.15, 0.2) is 57.9 Å². The number of rotatable bonds is 6. The molecule has 2 aromatic rings. The molecule has 0 heterocycles. The number of hydrogen-bond acceptors (Lipinski definition) is 3. The normalized spacial score (nSPS) is 14.8. The van der Waals surface area contributed by atoms with Crippen molar-refractivity contribution in [1.82, 2.24) is 0 Å². The second-order valence-corrected chi connectivity index (χ2v) is 8.54. The molecule has 0 unspecified atom stereocenters. The van der Waals surface area contributed by atoms with Gasteiger partial charge in [-0.15, -0.1) is 11.8 Å². The van der Waals surface area contributed by atoms with Crippen LogP contribution in [0.4, 0.5) is 5.69 Å². The van der Waals surface area contributed by atoms with Crippen molar-refractivity contribution in [3.05, 3.63) is 58.6 Å². The second-order valence-electron chi connectivity index (χ2n) is 6.57. The van der Waals surface area contributed by atoms with Crippen molar-refractivity contribution in [3.63, 3.8) is 0 Å². The molecule has 3 nitrogen and oxygen atoms in total. The fourth-order valence-electron chi connectivity index (χ4n) is 3.14. The van der Waals surface area contributed by atoms with E-state index in [1.807, 2.05) is 48.5 Å². The van der Waals surface area contributed by atoms with Crippen molar-refractivity contribution in [2.45, 2.75) is 37.0 Å². The summed E-state index contributed by atoms with van der Waals surface area (Å²) in [4.78, 5) is 25.7. The van der Waals surface area contributed by atoms with Crippen LogP contribution in [-0.2, 0) is 4.79 Å². The molecule has 5 heteroatoms. The van der Waals surface area contributed by atoms with Crippen molar-refractivity contribution in [3.8, 4) is 0 Å². The fraction of sp³-hybridized carbons (Fsp3) is 0.333. The minimum atomic E-state index is 0.0964. The molecule has 3 rings (SSSR count). The molecular formula is C21H22BrNO2S. The van der Waals surface area contributed by atoms with Crippen LogP contribution in [0, 0.1) is 5.92 Å². The van der Waals surface area contributed by atoms with Gasteiger partial charge in [-0.1, -0.05) is 53.4 Å². The predicted octanol–water partition coefficient (Wildman–Crippen LogP) is 5.94. The summed E-state index contributed by atoms with van der Waals surface area (Å²) in [5, 5.41) is 3.04. The topological polar surface area (TPSA) is 46.2 Å². The highest BCUT2D eigenvalue weighted by molar-refractivity contribution is 9.10. The highest BCUT2D eigenvalue weighted by Gasteiger charge is 2.21. The summed E-state index contributed by atoms with van der Waals surface area (Å²) < 4.78 is 0.961. The van der Waals surface area contributed by atoms with Crippen molar-refractivity contribution in [1.29, 1.82) is 0 Å². The van der Waals surface area contributed by atoms with Crippen molar-refractivity contribution >= 4 is 45.1 Å². The lowest BCUT2D eigenvalue weighted by atomic mass is 9.88. The van der Waals surface area contributed by atoms with Gasteiger partial charge in [0.05, 0.1) is 5.75 Å². The Morgan fingerprint density at radius 2 is 1.77 bits per heavy atom. The molecule has 0 bridgehead atoms. The van der Waals surface area contributed by atoms with Crippen molar-refractivity contribution in [2.75, 3.05) is 11.1 Å². The maximum Gasteiger partial charge on any atom is 0.227 e. The zero-order valence-corrected chi connectivity index (χ0v) is 16.9. The number of carbonyl (C=O) groups is 2. The Balaban J connectivity index is 1.56. The lowest BCUT2D eigenvalue weighted by Crippen LogP contribution is -2.24. The molecule has 1 saturated carbocycles. The number of Topliss-reactive ketones (excluding diaryl/α,β-unsaturated/α-hetero) is 1. The van der Waals surface area contributed by atoms with Crippen LogP contribution in [-0.4, -0.2) is 17.4 Å². The van der Waals surface area contributed by atoms with Crippen LogP contribution >= 0.6 is 27.7 Å². The van der Waals surface area contributed by atoms with Gasteiger partial charge in [0, 0.05) is 26.5 Å². The minimum absolute atomic E-state index is 0.0964. The Labute approximate surface area is 167 Å². The first-order chi connectivity index (χ1) is 12.6. The standard InChI is InChI=1S/C21H22BrNO2S/c22-17-11-9-15(10-12-17)20(24)14-26-19-8-4-7-18(13-19)23-21(25)16-5-2-1-3-6-16/h4,7-13,16H,1-3,5-6,14H2,(H,23,25). The van der Waals surface area contributed by atoms with Gasteiger partial charge in [-0.05, 0) is 43.2 Å². The van der Waals surface area contributed by atoms with E-state index in [4.69, 9.17) is 0 Å². The molecule has 1 aliphatic carbocycles. The van der Waals surface area contributed by atoms with E-state index in [9.17, 15) is 9.59 Å². The van der Waals surface area contributed by atoms with Crippen LogP contribution < -0.4 is 5.32 Å². The Morgan fingerprint density at radius 3 is 2.50 bits per heavy atom. The zero-order chi connectivity index (χ0) is 18.4. The first-order valence-electron chi connectivity index (χ1n) is 8.94. The Hall–Kier alpha value is -1.59. The number of carbonyl (C=O) groups excluding carboxylic acids is 2. The summed E-state index contributed by atoms with van der Waals surface area (Å²) in [5.74, 6) is 0.734. The number of anilines is 1. The molecule has 1 fully saturated rings. The molecule has 0 spiro atoms. The zero-order valence-electron chi connectivity index (χ0n) is 14.5. The number of hydrogen-bond donors (Lipinski definition) is 1. The number of nitrogens with one attached hydrogen (secondary N) is 1. The summed E-state index contributed by atoms with van der Waals surface area (Å²) in [6.45, 7) is 0. The number of halogens is 1. The van der Waals surface area contributed by atoms with Crippen LogP contribution in [0.1, 0.15) is 42.5 Å². The average molecular weight is 432 g/mol. The molecular weight excluding hydrogens is 410 g/mol. The molecule has 2 aromatic carbocycles. The first-order valence-corrected chi connectivity index (χ1v) is 10.7. The summed E-state index contributed by atoms with van der Waals surface area (Å²) in [6, 6.07) is 15.1. The lowest BCUT2D eigenvalue weighted by Gasteiger charge is -2.20. The van der Waals surface area contributed by atoms with Gasteiger partial charge in [-0.2, -0.15) is 0 Å². The molecule has 1 aliphatic rings. The number of ketones is 1. The maximum absolute atomic E-state index is 12.4. The van der Waals surface area contributed by atoms with Crippen LogP contribution in [0.3, 0.4) is 0 Å².